The van der Waals surface area contributed by atoms with E-state index in [1.165, 1.54) is 0 Å². The third-order valence-electron chi connectivity index (χ3n) is 6.02. The van der Waals surface area contributed by atoms with Crippen molar-refractivity contribution in [2.75, 3.05) is 30.0 Å². The van der Waals surface area contributed by atoms with Gasteiger partial charge in [-0.3, -0.25) is 4.79 Å². The van der Waals surface area contributed by atoms with Gasteiger partial charge in [-0.25, -0.2) is 4.79 Å². The van der Waals surface area contributed by atoms with Crippen LogP contribution < -0.4 is 16.4 Å². The highest BCUT2D eigenvalue weighted by Gasteiger charge is 2.33. The lowest BCUT2D eigenvalue weighted by atomic mass is 9.88. The molecule has 3 amide bonds. The molecule has 7 nitrogen and oxygen atoms in total. The maximum atomic E-state index is 13.5. The average Bonchev–Trinajstić information content (AvgIpc) is 2.89. The first kappa shape index (κ1) is 24.3. The minimum absolute atomic E-state index is 0.0919. The number of nitrogens with one attached hydrogen (secondary N) is 2. The summed E-state index contributed by atoms with van der Waals surface area (Å²) >= 11 is 1.63. The second-order valence-electron chi connectivity index (χ2n) is 8.27. The van der Waals surface area contributed by atoms with Gasteiger partial charge in [0, 0.05) is 28.4 Å². The lowest BCUT2D eigenvalue weighted by Gasteiger charge is -2.37. The summed E-state index contributed by atoms with van der Waals surface area (Å²) in [5, 5.41) is 14.8. The Hall–Kier alpha value is -3.80. The minimum Gasteiger partial charge on any atom is -0.331 e. The first-order valence-corrected chi connectivity index (χ1v) is 12.6. The fourth-order valence-electron chi connectivity index (χ4n) is 4.21. The van der Waals surface area contributed by atoms with E-state index in [-0.39, 0.29) is 18.0 Å². The quantitative estimate of drug-likeness (QED) is 0.407. The monoisotopic (exact) mass is 485 g/mol. The van der Waals surface area contributed by atoms with Gasteiger partial charge < -0.3 is 21.3 Å². The third-order valence-corrected chi connectivity index (χ3v) is 6.77. The summed E-state index contributed by atoms with van der Waals surface area (Å²) in [6.45, 7) is 1.01. The van der Waals surface area contributed by atoms with Crippen LogP contribution in [0.15, 0.2) is 71.6 Å². The molecule has 0 fully saturated rings. The van der Waals surface area contributed by atoms with Crippen molar-refractivity contribution in [3.8, 4) is 6.07 Å². The molecule has 0 saturated carbocycles. The van der Waals surface area contributed by atoms with E-state index in [1.54, 1.807) is 30.0 Å². The molecule has 178 valence electrons. The molecule has 1 aliphatic heterocycles. The molecule has 1 aliphatic rings. The molecule has 3 aromatic carbocycles. The molecule has 0 radical (unpaired) electrons. The minimum atomic E-state index is -0.374. The van der Waals surface area contributed by atoms with Gasteiger partial charge in [0.25, 0.3) is 5.91 Å². The normalized spacial score (nSPS) is 14.7. The SMILES string of the molecule is CSc1ccc(NC(=O)Nc2ccc3c(c2)C(=O)N(CCCN)C(c2ccc(C#N)cc2)C3)cc1. The number of anilines is 2. The third kappa shape index (κ3) is 5.65. The molecule has 0 bridgehead atoms. The van der Waals surface area contributed by atoms with Crippen LogP contribution in [0.4, 0.5) is 16.2 Å². The van der Waals surface area contributed by atoms with E-state index in [2.05, 4.69) is 16.7 Å². The molecule has 0 aliphatic carbocycles. The Morgan fingerprint density at radius 1 is 1.09 bits per heavy atom. The number of carbonyl (C=O) groups is 2. The van der Waals surface area contributed by atoms with Crippen molar-refractivity contribution >= 4 is 35.1 Å². The summed E-state index contributed by atoms with van der Waals surface area (Å²) in [4.78, 5) is 29.0. The van der Waals surface area contributed by atoms with E-state index in [4.69, 9.17) is 11.0 Å². The molecule has 1 heterocycles. The Morgan fingerprint density at radius 3 is 2.43 bits per heavy atom. The lowest BCUT2D eigenvalue weighted by Crippen LogP contribution is -2.41. The van der Waals surface area contributed by atoms with Gasteiger partial charge in [0.2, 0.25) is 0 Å². The average molecular weight is 486 g/mol. The van der Waals surface area contributed by atoms with Crippen molar-refractivity contribution in [3.63, 3.8) is 0 Å². The van der Waals surface area contributed by atoms with Crippen LogP contribution in [-0.2, 0) is 6.42 Å². The van der Waals surface area contributed by atoms with Gasteiger partial charge >= 0.3 is 6.03 Å². The first-order valence-electron chi connectivity index (χ1n) is 11.4. The van der Waals surface area contributed by atoms with Gasteiger partial charge in [-0.2, -0.15) is 5.26 Å². The maximum Gasteiger partial charge on any atom is 0.323 e. The number of hydrogen-bond donors (Lipinski definition) is 3. The van der Waals surface area contributed by atoms with Gasteiger partial charge in [0.05, 0.1) is 17.7 Å². The molecule has 3 aromatic rings. The number of amides is 3. The van der Waals surface area contributed by atoms with Crippen LogP contribution in [0.1, 0.15) is 39.5 Å². The number of carbonyl (C=O) groups excluding carboxylic acids is 2. The predicted octanol–water partition coefficient (Wildman–Crippen LogP) is 5.01. The molecule has 0 saturated heterocycles. The van der Waals surface area contributed by atoms with E-state index in [9.17, 15) is 9.59 Å². The largest absolute Gasteiger partial charge is 0.331 e. The molecule has 4 rings (SSSR count). The van der Waals surface area contributed by atoms with Crippen molar-refractivity contribution in [1.82, 2.24) is 4.90 Å². The number of nitriles is 1. The number of hydrogen-bond acceptors (Lipinski definition) is 5. The van der Waals surface area contributed by atoms with Crippen LogP contribution in [-0.4, -0.2) is 36.2 Å². The van der Waals surface area contributed by atoms with Crippen LogP contribution in [0.3, 0.4) is 0 Å². The molecule has 1 unspecified atom stereocenters. The highest BCUT2D eigenvalue weighted by Crippen LogP contribution is 2.34. The van der Waals surface area contributed by atoms with Crippen molar-refractivity contribution in [2.24, 2.45) is 5.73 Å². The Bertz CT molecular complexity index is 1250. The van der Waals surface area contributed by atoms with Crippen LogP contribution >= 0.6 is 11.8 Å². The Labute approximate surface area is 209 Å². The van der Waals surface area contributed by atoms with E-state index < -0.39 is 0 Å². The van der Waals surface area contributed by atoms with Gasteiger partial charge in [-0.1, -0.05) is 18.2 Å². The number of nitrogens with two attached hydrogens (primary N) is 1. The van der Waals surface area contributed by atoms with E-state index >= 15 is 0 Å². The fraction of sp³-hybridized carbons (Fsp3) is 0.222. The van der Waals surface area contributed by atoms with Gasteiger partial charge in [0.15, 0.2) is 0 Å². The molecule has 8 heteroatoms. The van der Waals surface area contributed by atoms with Crippen molar-refractivity contribution in [1.29, 1.82) is 5.26 Å². The lowest BCUT2D eigenvalue weighted by molar-refractivity contribution is 0.0646. The Kier molecular flexibility index (Phi) is 7.70. The number of benzene rings is 3. The van der Waals surface area contributed by atoms with Crippen LogP contribution in [0.25, 0.3) is 0 Å². The zero-order valence-corrected chi connectivity index (χ0v) is 20.3. The number of rotatable bonds is 7. The second kappa shape index (κ2) is 11.1. The first-order chi connectivity index (χ1) is 17.0. The smallest absolute Gasteiger partial charge is 0.323 e. The molecule has 1 atom stereocenters. The maximum absolute atomic E-state index is 13.5. The molecular weight excluding hydrogens is 458 g/mol. The zero-order valence-electron chi connectivity index (χ0n) is 19.5. The van der Waals surface area contributed by atoms with Crippen LogP contribution in [0.5, 0.6) is 0 Å². The standard InChI is InChI=1S/C27H27N5O2S/c1-35-23-11-9-21(10-12-23)30-27(34)31-22-8-7-20-15-25(19-5-3-18(17-29)4-6-19)32(14-2-13-28)26(33)24(20)16-22/h3-12,16,25H,2,13-15,28H2,1H3,(H2,30,31,34). The summed E-state index contributed by atoms with van der Waals surface area (Å²) in [6, 6.07) is 22.0. The predicted molar refractivity (Wildman–Crippen MR) is 140 cm³/mol. The molecule has 0 aromatic heterocycles. The molecule has 35 heavy (non-hydrogen) atoms. The summed E-state index contributed by atoms with van der Waals surface area (Å²) < 4.78 is 0. The highest BCUT2D eigenvalue weighted by atomic mass is 32.2. The zero-order chi connectivity index (χ0) is 24.8. The molecule has 4 N–H and O–H groups in total. The Morgan fingerprint density at radius 2 is 1.77 bits per heavy atom. The van der Waals surface area contributed by atoms with Gasteiger partial charge in [0.1, 0.15) is 0 Å². The molecular formula is C27H27N5O2S. The van der Waals surface area contributed by atoms with Crippen LogP contribution in [0.2, 0.25) is 0 Å². The van der Waals surface area contributed by atoms with Crippen molar-refractivity contribution in [3.05, 3.63) is 89.0 Å². The van der Waals surface area contributed by atoms with Crippen molar-refractivity contribution < 1.29 is 9.59 Å². The van der Waals surface area contributed by atoms with Gasteiger partial charge in [-0.15, -0.1) is 11.8 Å². The fourth-order valence-corrected chi connectivity index (χ4v) is 4.62. The summed E-state index contributed by atoms with van der Waals surface area (Å²) in [6.07, 6.45) is 3.33. The topological polar surface area (TPSA) is 111 Å². The number of thioether (sulfide) groups is 1. The second-order valence-corrected chi connectivity index (χ2v) is 9.15. The number of fused-ring (bicyclic) bond motifs is 1. The summed E-state index contributed by atoms with van der Waals surface area (Å²) in [7, 11) is 0. The van der Waals surface area contributed by atoms with E-state index in [1.807, 2.05) is 59.7 Å². The van der Waals surface area contributed by atoms with Crippen molar-refractivity contribution in [2.45, 2.75) is 23.8 Å². The number of nitrogens with zero attached hydrogens (tertiary/aromatic N) is 2. The van der Waals surface area contributed by atoms with E-state index in [0.29, 0.717) is 48.4 Å². The molecule has 0 spiro atoms. The van der Waals surface area contributed by atoms with Gasteiger partial charge in [-0.05, 0) is 85.3 Å². The van der Waals surface area contributed by atoms with Crippen LogP contribution in [0, 0.1) is 11.3 Å². The van der Waals surface area contributed by atoms with E-state index in [0.717, 1.165) is 16.0 Å². The Balaban J connectivity index is 1.54. The summed E-state index contributed by atoms with van der Waals surface area (Å²) in [5.41, 5.74) is 10.0. The number of urea groups is 1. The highest BCUT2D eigenvalue weighted by molar-refractivity contribution is 7.98. The summed E-state index contributed by atoms with van der Waals surface area (Å²) in [5.74, 6) is -0.0919.